The molecule has 2 rings (SSSR count). The second-order valence-corrected chi connectivity index (χ2v) is 4.00. The highest BCUT2D eigenvalue weighted by Crippen LogP contribution is 2.33. The molecule has 18 heavy (non-hydrogen) atoms. The van der Waals surface area contributed by atoms with E-state index in [1.807, 2.05) is 30.3 Å². The van der Waals surface area contributed by atoms with Gasteiger partial charge in [-0.05, 0) is 24.3 Å². The van der Waals surface area contributed by atoms with Crippen LogP contribution in [0.15, 0.2) is 42.5 Å². The molecule has 90 valence electrons. The van der Waals surface area contributed by atoms with Gasteiger partial charge in [0.2, 0.25) is 0 Å². The van der Waals surface area contributed by atoms with Crippen LogP contribution in [0.2, 0.25) is 5.02 Å². The smallest absolute Gasteiger partial charge is 0.156 e. The van der Waals surface area contributed by atoms with Gasteiger partial charge in [0.1, 0.15) is 11.3 Å². The summed E-state index contributed by atoms with van der Waals surface area (Å²) < 4.78 is 5.15. The van der Waals surface area contributed by atoms with Crippen LogP contribution in [0.1, 0.15) is 11.1 Å². The number of rotatable bonds is 1. The zero-order valence-electron chi connectivity index (χ0n) is 9.77. The summed E-state index contributed by atoms with van der Waals surface area (Å²) in [5, 5.41) is 10.2. The molecule has 0 aliphatic carbocycles. The lowest BCUT2D eigenvalue weighted by molar-refractivity contribution is 0.406. The predicted molar refractivity (Wildman–Crippen MR) is 72.1 cm³/mol. The van der Waals surface area contributed by atoms with E-state index in [-0.39, 0.29) is 5.75 Å². The summed E-state index contributed by atoms with van der Waals surface area (Å²) in [6, 6.07) is 12.6. The minimum atomic E-state index is 0.0553. The highest BCUT2D eigenvalue weighted by molar-refractivity contribution is 6.32. The SMILES string of the molecule is COc1c(Cl)ccc(O)c1C#Cc1ccccc1. The van der Waals surface area contributed by atoms with Crippen molar-refractivity contribution in [1.82, 2.24) is 0 Å². The van der Waals surface area contributed by atoms with Crippen LogP contribution in [-0.4, -0.2) is 12.2 Å². The average molecular weight is 259 g/mol. The maximum atomic E-state index is 9.78. The number of halogens is 1. The molecule has 0 aliphatic heterocycles. The van der Waals surface area contributed by atoms with Crippen LogP contribution in [0.3, 0.4) is 0 Å². The van der Waals surface area contributed by atoms with Crippen molar-refractivity contribution >= 4 is 11.6 Å². The van der Waals surface area contributed by atoms with Crippen LogP contribution in [0.4, 0.5) is 0 Å². The molecular formula is C15H11ClO2. The van der Waals surface area contributed by atoms with Gasteiger partial charge in [0.05, 0.1) is 12.1 Å². The predicted octanol–water partition coefficient (Wildman–Crippen LogP) is 3.45. The Hall–Kier alpha value is -2.11. The van der Waals surface area contributed by atoms with Gasteiger partial charge in [-0.15, -0.1) is 0 Å². The topological polar surface area (TPSA) is 29.5 Å². The van der Waals surface area contributed by atoms with Gasteiger partial charge in [-0.2, -0.15) is 0 Å². The molecule has 0 aromatic heterocycles. The molecule has 0 unspecified atom stereocenters. The molecule has 1 N–H and O–H groups in total. The van der Waals surface area contributed by atoms with Gasteiger partial charge in [0, 0.05) is 5.56 Å². The molecule has 2 aromatic carbocycles. The quantitative estimate of drug-likeness (QED) is 0.794. The average Bonchev–Trinajstić information content (AvgIpc) is 2.41. The number of aromatic hydroxyl groups is 1. The minimum Gasteiger partial charge on any atom is -0.506 e. The van der Waals surface area contributed by atoms with Gasteiger partial charge in [-0.1, -0.05) is 41.6 Å². The third kappa shape index (κ3) is 2.58. The molecule has 0 heterocycles. The van der Waals surface area contributed by atoms with Crippen molar-refractivity contribution in [2.45, 2.75) is 0 Å². The van der Waals surface area contributed by atoms with Crippen molar-refractivity contribution < 1.29 is 9.84 Å². The first kappa shape index (κ1) is 12.3. The molecule has 0 radical (unpaired) electrons. The zero-order chi connectivity index (χ0) is 13.0. The number of phenols is 1. The Kier molecular flexibility index (Phi) is 3.76. The molecular weight excluding hydrogens is 248 g/mol. The maximum Gasteiger partial charge on any atom is 0.156 e. The Labute approximate surface area is 111 Å². The molecule has 0 bridgehead atoms. The van der Waals surface area contributed by atoms with Gasteiger partial charge in [-0.25, -0.2) is 0 Å². The van der Waals surface area contributed by atoms with E-state index < -0.39 is 0 Å². The molecule has 0 saturated carbocycles. The molecule has 0 amide bonds. The fraction of sp³-hybridized carbons (Fsp3) is 0.0667. The monoisotopic (exact) mass is 258 g/mol. The van der Waals surface area contributed by atoms with Crippen molar-refractivity contribution in [3.8, 4) is 23.3 Å². The number of methoxy groups -OCH3 is 1. The molecule has 0 spiro atoms. The normalized spacial score (nSPS) is 9.44. The molecule has 2 aromatic rings. The van der Waals surface area contributed by atoms with Crippen LogP contribution in [-0.2, 0) is 0 Å². The molecule has 0 aliphatic rings. The van der Waals surface area contributed by atoms with E-state index in [1.54, 1.807) is 6.07 Å². The summed E-state index contributed by atoms with van der Waals surface area (Å²) in [5.74, 6) is 6.28. The van der Waals surface area contributed by atoms with Gasteiger partial charge in [0.15, 0.2) is 5.75 Å². The van der Waals surface area contributed by atoms with Crippen molar-refractivity contribution in [1.29, 1.82) is 0 Å². The van der Waals surface area contributed by atoms with Crippen LogP contribution < -0.4 is 4.74 Å². The lowest BCUT2D eigenvalue weighted by Gasteiger charge is -2.06. The number of hydrogen-bond acceptors (Lipinski definition) is 2. The summed E-state index contributed by atoms with van der Waals surface area (Å²) in [7, 11) is 1.49. The zero-order valence-corrected chi connectivity index (χ0v) is 10.5. The molecule has 3 heteroatoms. The van der Waals surface area contributed by atoms with Crippen LogP contribution in [0.5, 0.6) is 11.5 Å². The number of phenolic OH excluding ortho intramolecular Hbond substituents is 1. The van der Waals surface area contributed by atoms with E-state index in [0.29, 0.717) is 16.3 Å². The Morgan fingerprint density at radius 2 is 1.78 bits per heavy atom. The number of ether oxygens (including phenoxy) is 1. The molecule has 2 nitrogen and oxygen atoms in total. The molecule has 0 fully saturated rings. The summed E-state index contributed by atoms with van der Waals surface area (Å²) in [4.78, 5) is 0. The Balaban J connectivity index is 2.47. The fourth-order valence-electron chi connectivity index (χ4n) is 1.52. The van der Waals surface area contributed by atoms with E-state index in [4.69, 9.17) is 16.3 Å². The summed E-state index contributed by atoms with van der Waals surface area (Å²) in [6.45, 7) is 0. The standard InChI is InChI=1S/C15H11ClO2/c1-18-15-12(14(17)10-9-13(15)16)8-7-11-5-3-2-4-6-11/h2-6,9-10,17H,1H3. The van der Waals surface area contributed by atoms with E-state index in [1.165, 1.54) is 13.2 Å². The Morgan fingerprint density at radius 1 is 1.06 bits per heavy atom. The number of hydrogen-bond donors (Lipinski definition) is 1. The molecule has 0 saturated heterocycles. The largest absolute Gasteiger partial charge is 0.506 e. The minimum absolute atomic E-state index is 0.0553. The first-order chi connectivity index (χ1) is 8.72. The fourth-order valence-corrected chi connectivity index (χ4v) is 1.76. The van der Waals surface area contributed by atoms with Gasteiger partial charge in [0.25, 0.3) is 0 Å². The van der Waals surface area contributed by atoms with Crippen molar-refractivity contribution in [2.75, 3.05) is 7.11 Å². The van der Waals surface area contributed by atoms with Gasteiger partial charge >= 0.3 is 0 Å². The summed E-state index contributed by atoms with van der Waals surface area (Å²) in [5.41, 5.74) is 1.26. The van der Waals surface area contributed by atoms with E-state index in [0.717, 1.165) is 5.56 Å². The lowest BCUT2D eigenvalue weighted by atomic mass is 10.1. The highest BCUT2D eigenvalue weighted by atomic mass is 35.5. The van der Waals surface area contributed by atoms with Crippen molar-refractivity contribution in [3.63, 3.8) is 0 Å². The van der Waals surface area contributed by atoms with Crippen molar-refractivity contribution in [2.24, 2.45) is 0 Å². The highest BCUT2D eigenvalue weighted by Gasteiger charge is 2.10. The van der Waals surface area contributed by atoms with E-state index in [9.17, 15) is 5.11 Å². The van der Waals surface area contributed by atoms with Crippen LogP contribution in [0, 0.1) is 11.8 Å². The summed E-state index contributed by atoms with van der Waals surface area (Å²) in [6.07, 6.45) is 0. The molecule has 0 atom stereocenters. The van der Waals surface area contributed by atoms with Gasteiger partial charge in [-0.3, -0.25) is 0 Å². The van der Waals surface area contributed by atoms with E-state index >= 15 is 0 Å². The third-order valence-corrected chi connectivity index (χ3v) is 2.70. The second kappa shape index (κ2) is 5.48. The maximum absolute atomic E-state index is 9.78. The first-order valence-corrected chi connectivity index (χ1v) is 5.72. The second-order valence-electron chi connectivity index (χ2n) is 3.59. The van der Waals surface area contributed by atoms with E-state index in [2.05, 4.69) is 11.8 Å². The van der Waals surface area contributed by atoms with Crippen molar-refractivity contribution in [3.05, 3.63) is 58.6 Å². The van der Waals surface area contributed by atoms with Gasteiger partial charge < -0.3 is 9.84 Å². The Bertz CT molecular complexity index is 610. The lowest BCUT2D eigenvalue weighted by Crippen LogP contribution is -1.89. The third-order valence-electron chi connectivity index (χ3n) is 2.40. The number of benzene rings is 2. The summed E-state index contributed by atoms with van der Waals surface area (Å²) >= 11 is 5.98. The van der Waals surface area contributed by atoms with Crippen LogP contribution in [0.25, 0.3) is 0 Å². The van der Waals surface area contributed by atoms with Crippen LogP contribution >= 0.6 is 11.6 Å². The first-order valence-electron chi connectivity index (χ1n) is 5.35. The Morgan fingerprint density at radius 3 is 2.44 bits per heavy atom.